The molecule has 4 aromatic rings. The Kier molecular flexibility index (Phi) is 3.91. The quantitative estimate of drug-likeness (QED) is 0.413. The summed E-state index contributed by atoms with van der Waals surface area (Å²) >= 11 is 0. The second kappa shape index (κ2) is 6.52. The number of hydrogen-bond acceptors (Lipinski definition) is 7. The van der Waals surface area contributed by atoms with Gasteiger partial charge in [0.15, 0.2) is 5.58 Å². The number of pyridine rings is 1. The van der Waals surface area contributed by atoms with E-state index in [-0.39, 0.29) is 11.7 Å². The number of non-ortho nitro benzene ring substituents is 1. The fourth-order valence-electron chi connectivity index (χ4n) is 2.35. The van der Waals surface area contributed by atoms with E-state index in [0.29, 0.717) is 22.6 Å². The lowest BCUT2D eigenvalue weighted by Gasteiger charge is -2.06. The van der Waals surface area contributed by atoms with Crippen molar-refractivity contribution >= 4 is 28.5 Å². The van der Waals surface area contributed by atoms with Gasteiger partial charge in [-0.05, 0) is 42.5 Å². The van der Waals surface area contributed by atoms with Crippen LogP contribution in [0.4, 0.5) is 17.4 Å². The summed E-state index contributed by atoms with van der Waals surface area (Å²) in [6, 6.07) is 15.3. The molecular formula is C18H12N4O4. The number of oxazole rings is 1. The van der Waals surface area contributed by atoms with Crippen molar-refractivity contribution in [3.8, 4) is 11.5 Å². The minimum absolute atomic E-state index is 0.0324. The van der Waals surface area contributed by atoms with Crippen LogP contribution < -0.4 is 10.1 Å². The zero-order valence-electron chi connectivity index (χ0n) is 13.3. The number of rotatable bonds is 5. The highest BCUT2D eigenvalue weighted by molar-refractivity contribution is 5.77. The first-order valence-electron chi connectivity index (χ1n) is 7.67. The third kappa shape index (κ3) is 3.29. The average molecular weight is 348 g/mol. The highest BCUT2D eigenvalue weighted by atomic mass is 16.6. The first-order valence-corrected chi connectivity index (χ1v) is 7.67. The Hall–Kier alpha value is -3.94. The van der Waals surface area contributed by atoms with Crippen molar-refractivity contribution in [1.82, 2.24) is 9.97 Å². The molecule has 0 saturated heterocycles. The number of aromatic nitrogens is 2. The second-order valence-corrected chi connectivity index (χ2v) is 5.36. The lowest BCUT2D eigenvalue weighted by Crippen LogP contribution is -1.90. The molecule has 2 heterocycles. The van der Waals surface area contributed by atoms with E-state index >= 15 is 0 Å². The molecule has 128 valence electrons. The summed E-state index contributed by atoms with van der Waals surface area (Å²) in [6.07, 6.45) is 3.31. The highest BCUT2D eigenvalue weighted by Crippen LogP contribution is 2.27. The Bertz CT molecular complexity index is 1060. The van der Waals surface area contributed by atoms with Gasteiger partial charge in [-0.25, -0.2) is 0 Å². The van der Waals surface area contributed by atoms with Crippen LogP contribution in [-0.4, -0.2) is 14.9 Å². The summed E-state index contributed by atoms with van der Waals surface area (Å²) in [5, 5.41) is 13.8. The molecule has 8 heteroatoms. The Morgan fingerprint density at radius 2 is 1.73 bits per heavy atom. The van der Waals surface area contributed by atoms with Crippen molar-refractivity contribution in [2.45, 2.75) is 0 Å². The van der Waals surface area contributed by atoms with Crippen molar-refractivity contribution in [3.05, 3.63) is 77.1 Å². The first-order chi connectivity index (χ1) is 12.7. The van der Waals surface area contributed by atoms with Crippen LogP contribution in [0.15, 0.2) is 71.4 Å². The fourth-order valence-corrected chi connectivity index (χ4v) is 2.35. The van der Waals surface area contributed by atoms with E-state index in [1.54, 1.807) is 36.7 Å². The maximum absolute atomic E-state index is 10.8. The van der Waals surface area contributed by atoms with Gasteiger partial charge < -0.3 is 14.5 Å². The second-order valence-electron chi connectivity index (χ2n) is 5.36. The van der Waals surface area contributed by atoms with E-state index in [9.17, 15) is 10.1 Å². The highest BCUT2D eigenvalue weighted by Gasteiger charge is 2.11. The smallest absolute Gasteiger partial charge is 0.300 e. The third-order valence-corrected chi connectivity index (χ3v) is 3.57. The number of nitrogens with one attached hydrogen (secondary N) is 1. The van der Waals surface area contributed by atoms with Crippen molar-refractivity contribution < 1.29 is 14.1 Å². The summed E-state index contributed by atoms with van der Waals surface area (Å²) < 4.78 is 11.2. The Morgan fingerprint density at radius 1 is 1.00 bits per heavy atom. The molecular weight excluding hydrogens is 336 g/mol. The molecule has 1 N–H and O–H groups in total. The number of nitrogens with zero attached hydrogens (tertiary/aromatic N) is 3. The molecule has 2 aromatic heterocycles. The van der Waals surface area contributed by atoms with Crippen LogP contribution in [0.5, 0.6) is 11.5 Å². The predicted molar refractivity (Wildman–Crippen MR) is 94.7 cm³/mol. The van der Waals surface area contributed by atoms with Gasteiger partial charge in [0, 0.05) is 30.2 Å². The van der Waals surface area contributed by atoms with Crippen molar-refractivity contribution in [2.24, 2.45) is 0 Å². The van der Waals surface area contributed by atoms with E-state index in [1.807, 2.05) is 12.1 Å². The van der Waals surface area contributed by atoms with Gasteiger partial charge in [0.1, 0.15) is 17.0 Å². The van der Waals surface area contributed by atoms with Gasteiger partial charge in [0.2, 0.25) is 0 Å². The van der Waals surface area contributed by atoms with Crippen LogP contribution in [0, 0.1) is 10.1 Å². The van der Waals surface area contributed by atoms with Crippen LogP contribution in [0.25, 0.3) is 11.1 Å². The first kappa shape index (κ1) is 15.6. The molecule has 0 radical (unpaired) electrons. The molecule has 0 bridgehead atoms. The van der Waals surface area contributed by atoms with Crippen LogP contribution in [0.2, 0.25) is 0 Å². The summed E-state index contributed by atoms with van der Waals surface area (Å²) in [6.45, 7) is 0. The fraction of sp³-hybridized carbons (Fsp3) is 0. The average Bonchev–Trinajstić information content (AvgIpc) is 3.05. The van der Waals surface area contributed by atoms with Gasteiger partial charge >= 0.3 is 0 Å². The molecule has 0 amide bonds. The zero-order valence-corrected chi connectivity index (χ0v) is 13.3. The number of ether oxygens (including phenoxy) is 1. The van der Waals surface area contributed by atoms with Gasteiger partial charge in [0.05, 0.1) is 4.92 Å². The SMILES string of the molecule is O=[N+]([O-])c1ccc2oc(Nc3ccc(Oc4ccncc4)cc3)nc2c1. The zero-order chi connectivity index (χ0) is 17.9. The standard InChI is InChI=1S/C18H12N4O4/c23-22(24)13-3-6-17-16(11-13)21-18(26-17)20-12-1-4-14(5-2-12)25-15-7-9-19-10-8-15/h1-11H,(H,20,21). The van der Waals surface area contributed by atoms with E-state index in [4.69, 9.17) is 9.15 Å². The molecule has 2 aromatic carbocycles. The molecule has 0 aliphatic heterocycles. The summed E-state index contributed by atoms with van der Waals surface area (Å²) in [5.74, 6) is 1.37. The van der Waals surface area contributed by atoms with Crippen LogP contribution in [0.3, 0.4) is 0 Å². The maximum atomic E-state index is 10.8. The van der Waals surface area contributed by atoms with Crippen LogP contribution in [-0.2, 0) is 0 Å². The Morgan fingerprint density at radius 3 is 2.46 bits per heavy atom. The molecule has 0 aliphatic rings. The maximum Gasteiger partial charge on any atom is 0.300 e. The van der Waals surface area contributed by atoms with Gasteiger partial charge in [-0.3, -0.25) is 15.1 Å². The van der Waals surface area contributed by atoms with E-state index in [0.717, 1.165) is 5.69 Å². The van der Waals surface area contributed by atoms with E-state index in [1.165, 1.54) is 18.2 Å². The van der Waals surface area contributed by atoms with E-state index < -0.39 is 4.92 Å². The third-order valence-electron chi connectivity index (χ3n) is 3.57. The molecule has 8 nitrogen and oxygen atoms in total. The van der Waals surface area contributed by atoms with Gasteiger partial charge in [-0.15, -0.1) is 0 Å². The molecule has 26 heavy (non-hydrogen) atoms. The molecule has 0 fully saturated rings. The molecule has 0 spiro atoms. The number of anilines is 2. The number of hydrogen-bond donors (Lipinski definition) is 1. The predicted octanol–water partition coefficient (Wildman–Crippen LogP) is 4.67. The topological polar surface area (TPSA) is 103 Å². The molecule has 0 aliphatic carbocycles. The number of fused-ring (bicyclic) bond motifs is 1. The molecule has 0 saturated carbocycles. The van der Waals surface area contributed by atoms with Gasteiger partial charge in [-0.2, -0.15) is 4.98 Å². The number of nitro groups is 1. The minimum atomic E-state index is -0.469. The van der Waals surface area contributed by atoms with Crippen molar-refractivity contribution in [2.75, 3.05) is 5.32 Å². The van der Waals surface area contributed by atoms with Crippen molar-refractivity contribution in [3.63, 3.8) is 0 Å². The lowest BCUT2D eigenvalue weighted by atomic mass is 10.3. The molecule has 4 rings (SSSR count). The van der Waals surface area contributed by atoms with Crippen LogP contribution >= 0.6 is 0 Å². The Balaban J connectivity index is 1.50. The van der Waals surface area contributed by atoms with E-state index in [2.05, 4.69) is 15.3 Å². The summed E-state index contributed by atoms with van der Waals surface area (Å²) in [7, 11) is 0. The summed E-state index contributed by atoms with van der Waals surface area (Å²) in [5.41, 5.74) is 1.60. The molecule has 0 unspecified atom stereocenters. The Labute approximate surface area is 147 Å². The lowest BCUT2D eigenvalue weighted by molar-refractivity contribution is -0.384. The minimum Gasteiger partial charge on any atom is -0.457 e. The molecule has 0 atom stereocenters. The number of nitro benzene ring substituents is 1. The monoisotopic (exact) mass is 348 g/mol. The van der Waals surface area contributed by atoms with Crippen LogP contribution in [0.1, 0.15) is 0 Å². The van der Waals surface area contributed by atoms with Gasteiger partial charge in [0.25, 0.3) is 11.7 Å². The normalized spacial score (nSPS) is 10.6. The number of benzene rings is 2. The summed E-state index contributed by atoms with van der Waals surface area (Å²) in [4.78, 5) is 18.5. The van der Waals surface area contributed by atoms with Crippen molar-refractivity contribution in [1.29, 1.82) is 0 Å². The van der Waals surface area contributed by atoms with Gasteiger partial charge in [-0.1, -0.05) is 0 Å². The largest absolute Gasteiger partial charge is 0.457 e.